The number of rotatable bonds is 4. The molecule has 1 aliphatic rings. The summed E-state index contributed by atoms with van der Waals surface area (Å²) >= 11 is 1.30. The zero-order valence-electron chi connectivity index (χ0n) is 8.12. The van der Waals surface area contributed by atoms with Crippen LogP contribution in [-0.2, 0) is 4.74 Å². The minimum absolute atomic E-state index is 0.0702. The van der Waals surface area contributed by atoms with Crippen LogP contribution < -0.4 is 11.1 Å². The van der Waals surface area contributed by atoms with Crippen molar-refractivity contribution in [2.45, 2.75) is 24.8 Å². The highest BCUT2D eigenvalue weighted by Crippen LogP contribution is 2.35. The first-order valence-corrected chi connectivity index (χ1v) is 5.38. The van der Waals surface area contributed by atoms with Crippen LogP contribution in [0.1, 0.15) is 19.3 Å². The lowest BCUT2D eigenvalue weighted by Gasteiger charge is -2.41. The number of methoxy groups -OCH3 is 1. The highest BCUT2D eigenvalue weighted by molar-refractivity contribution is 7.09. The average molecular weight is 214 g/mol. The fourth-order valence-corrected chi connectivity index (χ4v) is 2.32. The minimum atomic E-state index is 0.0702. The Morgan fingerprint density at radius 2 is 2.43 bits per heavy atom. The Kier molecular flexibility index (Phi) is 2.56. The standard InChI is InChI=1S/C8H14N4OS/c1-13-5-8(3-2-4-8)11-7-10-6(9)12-14-7/h2-5H2,1H3,(H3,9,10,11,12). The number of hydrogen-bond donors (Lipinski definition) is 2. The molecule has 5 nitrogen and oxygen atoms in total. The molecule has 0 saturated heterocycles. The van der Waals surface area contributed by atoms with Crippen molar-refractivity contribution < 1.29 is 4.74 Å². The summed E-state index contributed by atoms with van der Waals surface area (Å²) in [6, 6.07) is 0. The van der Waals surface area contributed by atoms with Crippen molar-refractivity contribution >= 4 is 22.6 Å². The molecule has 1 heterocycles. The number of anilines is 2. The number of ether oxygens (including phenoxy) is 1. The molecule has 1 aromatic rings. The second-order valence-electron chi connectivity index (χ2n) is 3.65. The van der Waals surface area contributed by atoms with Gasteiger partial charge in [-0.05, 0) is 19.3 Å². The van der Waals surface area contributed by atoms with E-state index >= 15 is 0 Å². The van der Waals surface area contributed by atoms with E-state index in [0.717, 1.165) is 18.0 Å². The number of hydrogen-bond acceptors (Lipinski definition) is 6. The van der Waals surface area contributed by atoms with Gasteiger partial charge in [-0.25, -0.2) is 0 Å². The van der Waals surface area contributed by atoms with Crippen LogP contribution in [0.25, 0.3) is 0 Å². The number of nitrogen functional groups attached to an aromatic ring is 1. The zero-order valence-corrected chi connectivity index (χ0v) is 8.93. The second kappa shape index (κ2) is 3.70. The molecule has 1 aromatic heterocycles. The fraction of sp³-hybridized carbons (Fsp3) is 0.750. The smallest absolute Gasteiger partial charge is 0.233 e. The van der Waals surface area contributed by atoms with E-state index < -0.39 is 0 Å². The molecule has 3 N–H and O–H groups in total. The Balaban J connectivity index is 2.01. The van der Waals surface area contributed by atoms with Crippen LogP contribution in [0.2, 0.25) is 0 Å². The molecule has 78 valence electrons. The van der Waals surface area contributed by atoms with Crippen LogP contribution >= 0.6 is 11.5 Å². The van der Waals surface area contributed by atoms with Crippen LogP contribution in [-0.4, -0.2) is 28.6 Å². The first-order chi connectivity index (χ1) is 6.74. The van der Waals surface area contributed by atoms with Crippen LogP contribution in [0.4, 0.5) is 11.1 Å². The molecular formula is C8H14N4OS. The molecule has 0 amide bonds. The van der Waals surface area contributed by atoms with Crippen molar-refractivity contribution in [1.29, 1.82) is 0 Å². The Morgan fingerprint density at radius 3 is 2.86 bits per heavy atom. The third kappa shape index (κ3) is 1.80. The van der Waals surface area contributed by atoms with E-state index in [4.69, 9.17) is 10.5 Å². The third-order valence-electron chi connectivity index (χ3n) is 2.55. The van der Waals surface area contributed by atoms with Crippen LogP contribution in [0.5, 0.6) is 0 Å². The Bertz CT molecular complexity index is 310. The predicted molar refractivity (Wildman–Crippen MR) is 56.4 cm³/mol. The summed E-state index contributed by atoms with van der Waals surface area (Å²) in [5.74, 6) is 0.337. The summed E-state index contributed by atoms with van der Waals surface area (Å²) < 4.78 is 9.12. The molecule has 0 aliphatic heterocycles. The van der Waals surface area contributed by atoms with Gasteiger partial charge < -0.3 is 15.8 Å². The monoisotopic (exact) mass is 214 g/mol. The van der Waals surface area contributed by atoms with E-state index in [1.165, 1.54) is 18.0 Å². The van der Waals surface area contributed by atoms with Gasteiger partial charge in [-0.2, -0.15) is 9.36 Å². The summed E-state index contributed by atoms with van der Waals surface area (Å²) in [5.41, 5.74) is 5.52. The van der Waals surface area contributed by atoms with E-state index in [9.17, 15) is 0 Å². The second-order valence-corrected chi connectivity index (χ2v) is 4.40. The Hall–Kier alpha value is -0.880. The summed E-state index contributed by atoms with van der Waals surface area (Å²) in [7, 11) is 1.72. The van der Waals surface area contributed by atoms with Crippen molar-refractivity contribution in [3.05, 3.63) is 0 Å². The first kappa shape index (κ1) is 9.67. The summed E-state index contributed by atoms with van der Waals surface area (Å²) in [4.78, 5) is 4.08. The summed E-state index contributed by atoms with van der Waals surface area (Å²) in [6.45, 7) is 0.715. The average Bonchev–Trinajstić information content (AvgIpc) is 2.48. The molecule has 1 fully saturated rings. The van der Waals surface area contributed by atoms with E-state index in [2.05, 4.69) is 14.7 Å². The van der Waals surface area contributed by atoms with Crippen molar-refractivity contribution in [1.82, 2.24) is 9.36 Å². The zero-order chi connectivity index (χ0) is 10.0. The lowest BCUT2D eigenvalue weighted by molar-refractivity contribution is 0.0983. The summed E-state index contributed by atoms with van der Waals surface area (Å²) in [6.07, 6.45) is 3.49. The van der Waals surface area contributed by atoms with E-state index in [-0.39, 0.29) is 5.54 Å². The SMILES string of the molecule is COCC1(Nc2nc(N)ns2)CCC1. The Morgan fingerprint density at radius 1 is 1.64 bits per heavy atom. The van der Waals surface area contributed by atoms with Crippen LogP contribution in [0.15, 0.2) is 0 Å². The molecule has 0 aromatic carbocycles. The molecule has 14 heavy (non-hydrogen) atoms. The lowest BCUT2D eigenvalue weighted by atomic mass is 9.77. The fourth-order valence-electron chi connectivity index (χ4n) is 1.70. The molecule has 1 aliphatic carbocycles. The highest BCUT2D eigenvalue weighted by atomic mass is 32.1. The van der Waals surface area contributed by atoms with Gasteiger partial charge >= 0.3 is 0 Å². The van der Waals surface area contributed by atoms with Crippen LogP contribution in [0, 0.1) is 0 Å². The topological polar surface area (TPSA) is 73.1 Å². The molecule has 0 bridgehead atoms. The largest absolute Gasteiger partial charge is 0.382 e. The van der Waals surface area contributed by atoms with Gasteiger partial charge in [0.15, 0.2) is 0 Å². The molecule has 0 unspecified atom stereocenters. The van der Waals surface area contributed by atoms with Crippen molar-refractivity contribution in [2.24, 2.45) is 0 Å². The molecule has 2 rings (SSSR count). The molecule has 0 radical (unpaired) electrons. The van der Waals surface area contributed by atoms with Crippen molar-refractivity contribution in [3.63, 3.8) is 0 Å². The maximum atomic E-state index is 5.45. The maximum absolute atomic E-state index is 5.45. The highest BCUT2D eigenvalue weighted by Gasteiger charge is 2.37. The van der Waals surface area contributed by atoms with E-state index in [1.807, 2.05) is 0 Å². The summed E-state index contributed by atoms with van der Waals surface area (Å²) in [5, 5.41) is 4.14. The van der Waals surface area contributed by atoms with Crippen LogP contribution in [0.3, 0.4) is 0 Å². The molecule has 0 spiro atoms. The van der Waals surface area contributed by atoms with Gasteiger partial charge in [-0.3, -0.25) is 0 Å². The van der Waals surface area contributed by atoms with Gasteiger partial charge in [0.1, 0.15) is 0 Å². The van der Waals surface area contributed by atoms with Crippen molar-refractivity contribution in [3.8, 4) is 0 Å². The maximum Gasteiger partial charge on any atom is 0.233 e. The Labute approximate surface area is 86.8 Å². The molecule has 6 heteroatoms. The van der Waals surface area contributed by atoms with Gasteiger partial charge in [-0.15, -0.1) is 0 Å². The van der Waals surface area contributed by atoms with Gasteiger partial charge in [0, 0.05) is 18.6 Å². The van der Waals surface area contributed by atoms with E-state index in [0.29, 0.717) is 12.6 Å². The quantitative estimate of drug-likeness (QED) is 0.785. The number of nitrogens with zero attached hydrogens (tertiary/aromatic N) is 2. The normalized spacial score (nSPS) is 18.9. The van der Waals surface area contributed by atoms with E-state index in [1.54, 1.807) is 7.11 Å². The predicted octanol–water partition coefficient (Wildman–Crippen LogP) is 1.10. The lowest BCUT2D eigenvalue weighted by Crippen LogP contribution is -2.48. The van der Waals surface area contributed by atoms with Gasteiger partial charge in [0.25, 0.3) is 0 Å². The van der Waals surface area contributed by atoms with Gasteiger partial charge in [0.2, 0.25) is 11.1 Å². The van der Waals surface area contributed by atoms with Gasteiger partial charge in [-0.1, -0.05) is 0 Å². The number of nitrogens with two attached hydrogens (primary N) is 1. The number of aromatic nitrogens is 2. The van der Waals surface area contributed by atoms with Gasteiger partial charge in [0.05, 0.1) is 12.1 Å². The minimum Gasteiger partial charge on any atom is -0.382 e. The number of nitrogens with one attached hydrogen (secondary N) is 1. The molecule has 0 atom stereocenters. The first-order valence-electron chi connectivity index (χ1n) is 4.60. The molecule has 1 saturated carbocycles. The van der Waals surface area contributed by atoms with Crippen molar-refractivity contribution in [2.75, 3.05) is 24.8 Å². The third-order valence-corrected chi connectivity index (χ3v) is 3.19. The molecular weight excluding hydrogens is 200 g/mol.